The zero-order valence-corrected chi connectivity index (χ0v) is 14.0. The minimum Gasteiger partial charge on any atom is -0.496 e. The number of sulfone groups is 1. The molecule has 1 fully saturated rings. The zero-order chi connectivity index (χ0) is 17.2. The zero-order valence-electron chi connectivity index (χ0n) is 13.2. The average Bonchev–Trinajstić information content (AvgIpc) is 2.98. The van der Waals surface area contributed by atoms with E-state index < -0.39 is 21.7 Å². The van der Waals surface area contributed by atoms with E-state index in [2.05, 4.69) is 4.99 Å². The minimum absolute atomic E-state index is 0.0306. The molecule has 0 radical (unpaired) electrons. The molecule has 0 aromatic heterocycles. The Balaban J connectivity index is 2.66. The molecule has 1 aromatic rings. The Hall–Kier alpha value is -2.09. The fraction of sp³-hybridized carbons (Fsp3) is 0.467. The highest BCUT2D eigenvalue weighted by Crippen LogP contribution is 2.40. The molecule has 1 aliphatic rings. The van der Waals surface area contributed by atoms with Crippen LogP contribution in [0.5, 0.6) is 5.75 Å². The van der Waals surface area contributed by atoms with Crippen LogP contribution in [0.25, 0.3) is 0 Å². The topological polar surface area (TPSA) is 125 Å². The molecule has 2 rings (SSSR count). The van der Waals surface area contributed by atoms with Crippen LogP contribution in [-0.4, -0.2) is 33.7 Å². The maximum Gasteiger partial charge on any atom is 0.283 e. The first-order valence-electron chi connectivity index (χ1n) is 7.30. The van der Waals surface area contributed by atoms with Crippen LogP contribution in [0.3, 0.4) is 0 Å². The van der Waals surface area contributed by atoms with E-state index in [1.54, 1.807) is 6.07 Å². The van der Waals surface area contributed by atoms with Crippen molar-refractivity contribution in [2.24, 2.45) is 16.5 Å². The highest BCUT2D eigenvalue weighted by molar-refractivity contribution is 7.90. The van der Waals surface area contributed by atoms with Crippen molar-refractivity contribution in [3.63, 3.8) is 0 Å². The molecule has 0 saturated heterocycles. The molecule has 1 aromatic carbocycles. The van der Waals surface area contributed by atoms with Crippen LogP contribution in [0.1, 0.15) is 47.5 Å². The molecule has 0 atom stereocenters. The smallest absolute Gasteiger partial charge is 0.283 e. The van der Waals surface area contributed by atoms with Gasteiger partial charge < -0.3 is 16.2 Å². The van der Waals surface area contributed by atoms with Crippen molar-refractivity contribution >= 4 is 21.7 Å². The number of benzene rings is 1. The van der Waals surface area contributed by atoms with E-state index in [0.29, 0.717) is 5.56 Å². The number of carbonyl (C=O) groups is 1. The van der Waals surface area contributed by atoms with E-state index in [1.165, 1.54) is 13.2 Å². The van der Waals surface area contributed by atoms with Crippen LogP contribution in [0.2, 0.25) is 0 Å². The Morgan fingerprint density at radius 2 is 1.87 bits per heavy atom. The SMILES string of the molecule is COc1cc(C2CCCC2)c(S(C)(=O)=O)cc1C(=O)N=C(N)N. The molecule has 0 aliphatic heterocycles. The van der Waals surface area contributed by atoms with Gasteiger partial charge in [0.05, 0.1) is 17.6 Å². The van der Waals surface area contributed by atoms with Crippen LogP contribution in [0, 0.1) is 0 Å². The molecule has 126 valence electrons. The van der Waals surface area contributed by atoms with Gasteiger partial charge in [-0.15, -0.1) is 0 Å². The molecule has 7 nitrogen and oxygen atoms in total. The summed E-state index contributed by atoms with van der Waals surface area (Å²) in [5.41, 5.74) is 11.2. The number of hydrogen-bond acceptors (Lipinski definition) is 4. The van der Waals surface area contributed by atoms with Crippen molar-refractivity contribution in [3.05, 3.63) is 23.3 Å². The summed E-state index contributed by atoms with van der Waals surface area (Å²) in [6.07, 6.45) is 5.09. The lowest BCUT2D eigenvalue weighted by Gasteiger charge is -2.17. The second-order valence-corrected chi connectivity index (χ2v) is 7.67. The maximum absolute atomic E-state index is 12.2. The Morgan fingerprint density at radius 1 is 1.26 bits per heavy atom. The van der Waals surface area contributed by atoms with Crippen LogP contribution in [0.15, 0.2) is 22.0 Å². The fourth-order valence-corrected chi connectivity index (χ4v) is 3.95. The number of guanidine groups is 1. The first kappa shape index (κ1) is 17.3. The number of ether oxygens (including phenoxy) is 1. The number of carbonyl (C=O) groups excluding carboxylic acids is 1. The van der Waals surface area contributed by atoms with Gasteiger partial charge in [0.1, 0.15) is 5.75 Å². The lowest BCUT2D eigenvalue weighted by Crippen LogP contribution is -2.24. The maximum atomic E-state index is 12.2. The molecular formula is C15H21N3O4S. The summed E-state index contributed by atoms with van der Waals surface area (Å²) in [6.45, 7) is 0. The van der Waals surface area contributed by atoms with Crippen molar-refractivity contribution in [2.45, 2.75) is 36.5 Å². The quantitative estimate of drug-likeness (QED) is 0.626. The largest absolute Gasteiger partial charge is 0.496 e. The van der Waals surface area contributed by atoms with Crippen LogP contribution in [-0.2, 0) is 9.84 Å². The van der Waals surface area contributed by atoms with Gasteiger partial charge in [-0.05, 0) is 36.5 Å². The van der Waals surface area contributed by atoms with E-state index >= 15 is 0 Å². The molecule has 1 amide bonds. The van der Waals surface area contributed by atoms with Gasteiger partial charge in [0, 0.05) is 6.26 Å². The third-order valence-electron chi connectivity index (χ3n) is 3.99. The summed E-state index contributed by atoms with van der Waals surface area (Å²) in [5, 5.41) is 0. The summed E-state index contributed by atoms with van der Waals surface area (Å²) in [5.74, 6) is -0.697. The van der Waals surface area contributed by atoms with Gasteiger partial charge in [0.15, 0.2) is 15.8 Å². The Bertz CT molecular complexity index is 746. The molecule has 23 heavy (non-hydrogen) atoms. The van der Waals surface area contributed by atoms with Gasteiger partial charge in [-0.2, -0.15) is 4.99 Å². The summed E-state index contributed by atoms with van der Waals surface area (Å²) >= 11 is 0. The predicted molar refractivity (Wildman–Crippen MR) is 87.5 cm³/mol. The normalized spacial score (nSPS) is 15.4. The predicted octanol–water partition coefficient (Wildman–Crippen LogP) is 1.17. The Morgan fingerprint density at radius 3 is 2.35 bits per heavy atom. The van der Waals surface area contributed by atoms with Gasteiger partial charge in [-0.25, -0.2) is 8.42 Å². The standard InChI is InChI=1S/C15H21N3O4S/c1-22-12-7-10(9-5-3-4-6-9)13(23(2,20)21)8-11(12)14(19)18-15(16)17/h7-9H,3-6H2,1-2H3,(H4,16,17,18,19). The van der Waals surface area contributed by atoms with E-state index in [9.17, 15) is 13.2 Å². The average molecular weight is 339 g/mol. The highest BCUT2D eigenvalue weighted by Gasteiger charge is 2.27. The number of amides is 1. The third kappa shape index (κ3) is 3.82. The summed E-state index contributed by atoms with van der Waals surface area (Å²) in [6, 6.07) is 2.94. The fourth-order valence-electron chi connectivity index (χ4n) is 2.97. The Labute approximate surface area is 135 Å². The van der Waals surface area contributed by atoms with Crippen LogP contribution < -0.4 is 16.2 Å². The van der Waals surface area contributed by atoms with Crippen LogP contribution >= 0.6 is 0 Å². The molecule has 0 bridgehead atoms. The molecule has 4 N–H and O–H groups in total. The molecule has 8 heteroatoms. The molecule has 0 spiro atoms. The van der Waals surface area contributed by atoms with Crippen LogP contribution in [0.4, 0.5) is 0 Å². The highest BCUT2D eigenvalue weighted by atomic mass is 32.2. The van der Waals surface area contributed by atoms with Crippen molar-refractivity contribution in [3.8, 4) is 5.75 Å². The van der Waals surface area contributed by atoms with E-state index in [4.69, 9.17) is 16.2 Å². The number of methoxy groups -OCH3 is 1. The number of nitrogens with two attached hydrogens (primary N) is 2. The second kappa shape index (κ2) is 6.57. The van der Waals surface area contributed by atoms with E-state index in [1.807, 2.05) is 0 Å². The number of aliphatic imine (C=N–C) groups is 1. The summed E-state index contributed by atoms with van der Waals surface area (Å²) in [7, 11) is -2.08. The van der Waals surface area contributed by atoms with Gasteiger partial charge in [-0.3, -0.25) is 4.79 Å². The number of hydrogen-bond donors (Lipinski definition) is 2. The summed E-state index contributed by atoms with van der Waals surface area (Å²) in [4.78, 5) is 15.7. The third-order valence-corrected chi connectivity index (χ3v) is 5.14. The van der Waals surface area contributed by atoms with Crippen molar-refractivity contribution < 1.29 is 17.9 Å². The molecular weight excluding hydrogens is 318 g/mol. The van der Waals surface area contributed by atoms with Crippen molar-refractivity contribution in [1.29, 1.82) is 0 Å². The lowest BCUT2D eigenvalue weighted by molar-refractivity contribution is 0.0999. The van der Waals surface area contributed by atoms with Gasteiger partial charge in [0.2, 0.25) is 0 Å². The Kier molecular flexibility index (Phi) is 4.93. The first-order valence-corrected chi connectivity index (χ1v) is 9.19. The second-order valence-electron chi connectivity index (χ2n) is 5.69. The number of rotatable bonds is 4. The monoisotopic (exact) mass is 339 g/mol. The van der Waals surface area contributed by atoms with E-state index in [-0.39, 0.29) is 22.1 Å². The van der Waals surface area contributed by atoms with E-state index in [0.717, 1.165) is 31.9 Å². The van der Waals surface area contributed by atoms with Gasteiger partial charge >= 0.3 is 0 Å². The van der Waals surface area contributed by atoms with Crippen molar-refractivity contribution in [2.75, 3.05) is 13.4 Å². The molecule has 1 saturated carbocycles. The molecule has 0 heterocycles. The minimum atomic E-state index is -3.50. The molecule has 0 unspecified atom stereocenters. The van der Waals surface area contributed by atoms with Gasteiger partial charge in [-0.1, -0.05) is 12.8 Å². The van der Waals surface area contributed by atoms with Crippen molar-refractivity contribution in [1.82, 2.24) is 0 Å². The lowest BCUT2D eigenvalue weighted by atomic mass is 9.95. The molecule has 1 aliphatic carbocycles. The summed E-state index contributed by atoms with van der Waals surface area (Å²) < 4.78 is 29.6. The number of nitrogens with zero attached hydrogens (tertiary/aromatic N) is 1. The van der Waals surface area contributed by atoms with Gasteiger partial charge in [0.25, 0.3) is 5.91 Å². The first-order chi connectivity index (χ1) is 10.7.